The van der Waals surface area contributed by atoms with Gasteiger partial charge in [-0.1, -0.05) is 18.2 Å². The first-order chi connectivity index (χ1) is 14.0. The van der Waals surface area contributed by atoms with Crippen molar-refractivity contribution in [2.75, 3.05) is 24.5 Å². The normalized spacial score (nSPS) is 23.8. The number of methoxy groups -OCH3 is 1. The second-order valence-electron chi connectivity index (χ2n) is 6.28. The van der Waals surface area contributed by atoms with Crippen LogP contribution in [-0.4, -0.2) is 64.1 Å². The van der Waals surface area contributed by atoms with Gasteiger partial charge in [0.15, 0.2) is 6.23 Å². The van der Waals surface area contributed by atoms with E-state index in [-0.39, 0.29) is 11.6 Å². The van der Waals surface area contributed by atoms with Crippen LogP contribution in [0.5, 0.6) is 0 Å². The van der Waals surface area contributed by atoms with Gasteiger partial charge in [-0.25, -0.2) is 4.79 Å². The van der Waals surface area contributed by atoms with E-state index in [9.17, 15) is 24.6 Å². The molecule has 156 valence electrons. The molecule has 29 heavy (non-hydrogen) atoms. The fourth-order valence-corrected chi connectivity index (χ4v) is 3.87. The van der Waals surface area contributed by atoms with Gasteiger partial charge in [-0.15, -0.1) is 11.8 Å². The molecule has 0 bridgehead atoms. The lowest BCUT2D eigenvalue weighted by atomic mass is 10.1. The van der Waals surface area contributed by atoms with Gasteiger partial charge < -0.3 is 19.7 Å². The van der Waals surface area contributed by atoms with Crippen LogP contribution in [0, 0.1) is 0 Å². The summed E-state index contributed by atoms with van der Waals surface area (Å²) in [4.78, 5) is 40.5. The molecule has 1 amide bonds. The number of carbonyl (C=O) groups excluding carboxylic acids is 1. The third-order valence-corrected chi connectivity index (χ3v) is 5.55. The molecule has 1 aromatic heterocycles. The molecule has 11 heteroatoms. The Morgan fingerprint density at radius 3 is 2.69 bits per heavy atom. The van der Waals surface area contributed by atoms with Gasteiger partial charge in [-0.2, -0.15) is 0 Å². The Morgan fingerprint density at radius 2 is 2.07 bits per heavy atom. The summed E-state index contributed by atoms with van der Waals surface area (Å²) in [5, 5.41) is 19.5. The van der Waals surface area contributed by atoms with E-state index in [0.717, 1.165) is 14.4 Å². The molecule has 1 fully saturated rings. The molecule has 2 heterocycles. The van der Waals surface area contributed by atoms with Crippen molar-refractivity contribution >= 4 is 23.9 Å². The van der Waals surface area contributed by atoms with Gasteiger partial charge in [-0.05, 0) is 12.1 Å². The van der Waals surface area contributed by atoms with Crippen molar-refractivity contribution in [1.82, 2.24) is 9.55 Å². The summed E-state index contributed by atoms with van der Waals surface area (Å²) in [6.07, 6.45) is -2.50. The number of ether oxygens (including phenoxy) is 2. The van der Waals surface area contributed by atoms with E-state index in [1.54, 1.807) is 0 Å². The maximum atomic E-state index is 12.3. The molecule has 2 aromatic rings. The fourth-order valence-electron chi connectivity index (χ4n) is 3.03. The van der Waals surface area contributed by atoms with Crippen LogP contribution in [0.15, 0.2) is 51.0 Å². The Hall–Kier alpha value is -2.44. The standard InChI is InChI=1S/C18H21N3O7S/c1-27-15-14(24)13(8-22)28-17(15)21-7-12(16(25)19-18(21)26)20(9-23)10-29-11-5-3-2-4-6-11/h2-7,9,13-15,17,22,24H,8,10H2,1H3,(H,19,25,26)/t13-,14+,15-,17-/m1/s1. The molecule has 1 saturated heterocycles. The van der Waals surface area contributed by atoms with E-state index in [4.69, 9.17) is 9.47 Å². The Bertz CT molecular complexity index is 948. The van der Waals surface area contributed by atoms with Gasteiger partial charge in [0.1, 0.15) is 24.0 Å². The maximum absolute atomic E-state index is 12.3. The van der Waals surface area contributed by atoms with Crippen LogP contribution in [0.25, 0.3) is 0 Å². The number of hydrogen-bond donors (Lipinski definition) is 3. The molecule has 0 spiro atoms. The molecule has 0 saturated carbocycles. The van der Waals surface area contributed by atoms with Crippen molar-refractivity contribution in [3.63, 3.8) is 0 Å². The second kappa shape index (κ2) is 9.37. The molecule has 1 aliphatic heterocycles. The van der Waals surface area contributed by atoms with E-state index in [1.165, 1.54) is 25.1 Å². The third-order valence-electron chi connectivity index (χ3n) is 4.54. The number of aliphatic hydroxyl groups excluding tert-OH is 2. The average molecular weight is 423 g/mol. The van der Waals surface area contributed by atoms with Crippen molar-refractivity contribution in [3.8, 4) is 0 Å². The lowest BCUT2D eigenvalue weighted by Crippen LogP contribution is -2.40. The number of benzene rings is 1. The molecule has 1 aromatic carbocycles. The SMILES string of the molecule is CO[C@@H]1[C@@H](O)[C@@H](CO)O[C@H]1n1cc(N(C=O)CSc2ccccc2)c(=O)[nH]c1=O. The van der Waals surface area contributed by atoms with E-state index in [2.05, 4.69) is 4.98 Å². The smallest absolute Gasteiger partial charge is 0.330 e. The minimum atomic E-state index is -1.17. The number of carbonyl (C=O) groups is 1. The van der Waals surface area contributed by atoms with Crippen LogP contribution in [0.3, 0.4) is 0 Å². The van der Waals surface area contributed by atoms with Crippen molar-refractivity contribution in [1.29, 1.82) is 0 Å². The summed E-state index contributed by atoms with van der Waals surface area (Å²) in [6, 6.07) is 9.30. The van der Waals surface area contributed by atoms with Gasteiger partial charge in [0.25, 0.3) is 5.56 Å². The minimum absolute atomic E-state index is 0.0663. The van der Waals surface area contributed by atoms with E-state index in [0.29, 0.717) is 6.41 Å². The van der Waals surface area contributed by atoms with Crippen molar-refractivity contribution in [3.05, 3.63) is 57.4 Å². The quantitative estimate of drug-likeness (QED) is 0.294. The summed E-state index contributed by atoms with van der Waals surface area (Å²) >= 11 is 1.33. The number of rotatable bonds is 8. The summed E-state index contributed by atoms with van der Waals surface area (Å²) in [5.74, 6) is 0.135. The number of thioether (sulfide) groups is 1. The minimum Gasteiger partial charge on any atom is -0.394 e. The number of aliphatic hydroxyl groups is 2. The second-order valence-corrected chi connectivity index (χ2v) is 7.30. The van der Waals surface area contributed by atoms with Gasteiger partial charge >= 0.3 is 5.69 Å². The molecule has 0 radical (unpaired) electrons. The maximum Gasteiger partial charge on any atom is 0.330 e. The lowest BCUT2D eigenvalue weighted by Gasteiger charge is -2.22. The predicted octanol–water partition coefficient (Wildman–Crippen LogP) is -0.485. The zero-order chi connectivity index (χ0) is 21.0. The first-order valence-electron chi connectivity index (χ1n) is 8.72. The topological polar surface area (TPSA) is 134 Å². The largest absolute Gasteiger partial charge is 0.394 e. The van der Waals surface area contributed by atoms with E-state index < -0.39 is 42.4 Å². The number of anilines is 1. The zero-order valence-electron chi connectivity index (χ0n) is 15.5. The molecular formula is C18H21N3O7S. The van der Waals surface area contributed by atoms with E-state index in [1.807, 2.05) is 30.3 Å². The first kappa shape index (κ1) is 21.3. The molecule has 3 rings (SSSR count). The Kier molecular flexibility index (Phi) is 6.87. The van der Waals surface area contributed by atoms with Crippen LogP contribution in [-0.2, 0) is 14.3 Å². The van der Waals surface area contributed by atoms with E-state index >= 15 is 0 Å². The molecule has 0 aliphatic carbocycles. The molecule has 0 unspecified atom stereocenters. The highest BCUT2D eigenvalue weighted by atomic mass is 32.2. The molecule has 3 N–H and O–H groups in total. The Balaban J connectivity index is 1.91. The predicted molar refractivity (Wildman–Crippen MR) is 105 cm³/mol. The number of nitrogens with zero attached hydrogens (tertiary/aromatic N) is 2. The first-order valence-corrected chi connectivity index (χ1v) is 9.71. The summed E-state index contributed by atoms with van der Waals surface area (Å²) in [6.45, 7) is -0.476. The van der Waals surface area contributed by atoms with Crippen LogP contribution in [0.1, 0.15) is 6.23 Å². The highest BCUT2D eigenvalue weighted by molar-refractivity contribution is 7.99. The van der Waals surface area contributed by atoms with Crippen molar-refractivity contribution < 1.29 is 24.5 Å². The van der Waals surface area contributed by atoms with Crippen LogP contribution >= 0.6 is 11.8 Å². The number of H-pyrrole nitrogens is 1. The summed E-state index contributed by atoms with van der Waals surface area (Å²) in [5.41, 5.74) is -1.60. The van der Waals surface area contributed by atoms with Crippen molar-refractivity contribution in [2.45, 2.75) is 29.4 Å². The molecule has 4 atom stereocenters. The number of nitrogens with one attached hydrogen (secondary N) is 1. The summed E-state index contributed by atoms with van der Waals surface area (Å²) in [7, 11) is 1.33. The average Bonchev–Trinajstić information content (AvgIpc) is 3.05. The Morgan fingerprint density at radius 1 is 1.34 bits per heavy atom. The van der Waals surface area contributed by atoms with Crippen LogP contribution in [0.4, 0.5) is 5.69 Å². The summed E-state index contributed by atoms with van der Waals surface area (Å²) < 4.78 is 11.8. The Labute approximate surface area is 169 Å². The lowest BCUT2D eigenvalue weighted by molar-refractivity contribution is -0.107. The third kappa shape index (κ3) is 4.43. The van der Waals surface area contributed by atoms with Crippen molar-refractivity contribution in [2.24, 2.45) is 0 Å². The fraction of sp³-hybridized carbons (Fsp3) is 0.389. The molecular weight excluding hydrogens is 402 g/mol. The van der Waals surface area contributed by atoms with Gasteiger partial charge in [-0.3, -0.25) is 24.0 Å². The zero-order valence-corrected chi connectivity index (χ0v) is 16.3. The number of hydrogen-bond acceptors (Lipinski definition) is 8. The number of amides is 1. The van der Waals surface area contributed by atoms with Crippen LogP contribution in [0.2, 0.25) is 0 Å². The van der Waals surface area contributed by atoms with Gasteiger partial charge in [0, 0.05) is 18.2 Å². The highest BCUT2D eigenvalue weighted by Gasteiger charge is 2.45. The van der Waals surface area contributed by atoms with Gasteiger partial charge in [0.2, 0.25) is 6.41 Å². The van der Waals surface area contributed by atoms with Gasteiger partial charge in [0.05, 0.1) is 12.5 Å². The molecule has 10 nitrogen and oxygen atoms in total. The monoisotopic (exact) mass is 423 g/mol. The molecule has 1 aliphatic rings. The number of aromatic amines is 1. The highest BCUT2D eigenvalue weighted by Crippen LogP contribution is 2.30. The van der Waals surface area contributed by atoms with Crippen LogP contribution < -0.4 is 16.1 Å². The number of aromatic nitrogens is 2.